The van der Waals surface area contributed by atoms with E-state index in [9.17, 15) is 25.1 Å². The normalized spacial score (nSPS) is 18.5. The number of rotatable bonds is 6. The Morgan fingerprint density at radius 2 is 1.39 bits per heavy atom. The van der Waals surface area contributed by atoms with Crippen LogP contribution < -0.4 is 9.80 Å². The van der Waals surface area contributed by atoms with Crippen molar-refractivity contribution in [2.75, 3.05) is 50.1 Å². The topological polar surface area (TPSA) is 158 Å². The summed E-state index contributed by atoms with van der Waals surface area (Å²) in [4.78, 5) is 36.9. The van der Waals surface area contributed by atoms with Crippen molar-refractivity contribution in [2.45, 2.75) is 32.0 Å². The van der Waals surface area contributed by atoms with Gasteiger partial charge in [0, 0.05) is 59.5 Å². The fourth-order valence-corrected chi connectivity index (χ4v) is 4.14. The number of aromatic nitrogens is 2. The van der Waals surface area contributed by atoms with Gasteiger partial charge in [0.1, 0.15) is 23.5 Å². The van der Waals surface area contributed by atoms with E-state index in [0.29, 0.717) is 56.1 Å². The van der Waals surface area contributed by atoms with Crippen LogP contribution in [0.4, 0.5) is 11.4 Å². The lowest BCUT2D eigenvalue weighted by atomic mass is 10.2. The molecule has 4 heterocycles. The highest BCUT2D eigenvalue weighted by Crippen LogP contribution is 2.25. The van der Waals surface area contributed by atoms with E-state index >= 15 is 0 Å². The van der Waals surface area contributed by atoms with Crippen LogP contribution >= 0.6 is 0 Å². The minimum Gasteiger partial charge on any atom is -0.391 e. The largest absolute Gasteiger partial charge is 0.391 e. The smallest absolute Gasteiger partial charge is 0.205 e. The molecule has 2 N–H and O–H groups in total. The highest BCUT2D eigenvalue weighted by molar-refractivity contribution is 6.03. The maximum Gasteiger partial charge on any atom is 0.205 e. The molecule has 0 bridgehead atoms. The van der Waals surface area contributed by atoms with Gasteiger partial charge in [-0.3, -0.25) is 9.59 Å². The van der Waals surface area contributed by atoms with E-state index < -0.39 is 0 Å². The summed E-state index contributed by atoms with van der Waals surface area (Å²) in [5.74, 6) is -0.400. The first-order valence-electron chi connectivity index (χ1n) is 12.2. The molecule has 0 aromatic carbocycles. The quantitative estimate of drug-likeness (QED) is 0.423. The van der Waals surface area contributed by atoms with Crippen LogP contribution in [0.5, 0.6) is 0 Å². The van der Waals surface area contributed by atoms with E-state index in [1.54, 1.807) is 35.4 Å². The molecule has 4 rings (SSSR count). The zero-order valence-corrected chi connectivity index (χ0v) is 21.7. The van der Waals surface area contributed by atoms with E-state index in [4.69, 9.17) is 5.26 Å². The van der Waals surface area contributed by atoms with Crippen molar-refractivity contribution in [2.24, 2.45) is 0 Å². The first kappa shape index (κ1) is 28.3. The standard InChI is InChI=1S/C15H18N4O2.C12H13N3O2/c1-18(2)7-6-15(21)12-3-4-14(13(9-16)17-12)19-8-5-11(20)10-19;1-8(16)10-2-3-12(11(6-13)14-10)15-5-4-9(17)7-15/h3-4,6-7,11,20H,5,8,10H2,1-2H3;2-3,9,17H,4-5,7H2,1H3/b7-6+;/t11-;9-/m00/s1. The molecular weight excluding hydrogens is 486 g/mol. The summed E-state index contributed by atoms with van der Waals surface area (Å²) in [5.41, 5.74) is 2.36. The number of carbonyl (C=O) groups excluding carboxylic acids is 2. The third-order valence-electron chi connectivity index (χ3n) is 6.11. The Kier molecular flexibility index (Phi) is 9.49. The molecule has 11 nitrogen and oxygen atoms in total. The molecule has 2 aliphatic heterocycles. The van der Waals surface area contributed by atoms with Crippen LogP contribution in [0.15, 0.2) is 36.5 Å². The van der Waals surface area contributed by atoms with Crippen LogP contribution in [-0.4, -0.2) is 89.1 Å². The molecule has 2 aromatic heterocycles. The van der Waals surface area contributed by atoms with E-state index in [1.165, 1.54) is 13.0 Å². The predicted octanol–water partition coefficient (Wildman–Crippen LogP) is 1.51. The number of Topliss-reactive ketones (excluding diaryl/α,β-unsaturated/α-hetero) is 1. The van der Waals surface area contributed by atoms with E-state index in [1.807, 2.05) is 36.0 Å². The van der Waals surface area contributed by atoms with Gasteiger partial charge < -0.3 is 24.9 Å². The summed E-state index contributed by atoms with van der Waals surface area (Å²) in [6, 6.07) is 10.7. The van der Waals surface area contributed by atoms with Gasteiger partial charge in [-0.15, -0.1) is 0 Å². The Hall–Kier alpha value is -4.32. The van der Waals surface area contributed by atoms with Crippen molar-refractivity contribution < 1.29 is 19.8 Å². The van der Waals surface area contributed by atoms with Crippen LogP contribution in [0.25, 0.3) is 0 Å². The van der Waals surface area contributed by atoms with Gasteiger partial charge >= 0.3 is 0 Å². The van der Waals surface area contributed by atoms with Crippen molar-refractivity contribution in [1.82, 2.24) is 14.9 Å². The zero-order valence-electron chi connectivity index (χ0n) is 21.7. The lowest BCUT2D eigenvalue weighted by molar-refractivity contribution is 0.101. The number of aliphatic hydroxyl groups is 2. The third-order valence-corrected chi connectivity index (χ3v) is 6.11. The van der Waals surface area contributed by atoms with E-state index in [0.717, 1.165) is 0 Å². The second-order valence-electron chi connectivity index (χ2n) is 9.33. The molecular formula is C27H31N7O4. The van der Waals surface area contributed by atoms with Crippen molar-refractivity contribution in [3.05, 3.63) is 59.3 Å². The molecule has 2 aromatic rings. The average molecular weight is 518 g/mol. The maximum absolute atomic E-state index is 12.0. The zero-order chi connectivity index (χ0) is 27.8. The molecule has 0 saturated carbocycles. The fourth-order valence-electron chi connectivity index (χ4n) is 4.14. The van der Waals surface area contributed by atoms with Crippen molar-refractivity contribution in [3.63, 3.8) is 0 Å². The molecule has 198 valence electrons. The number of aliphatic hydroxyl groups excluding tert-OH is 2. The second-order valence-corrected chi connectivity index (χ2v) is 9.33. The SMILES string of the molecule is CC(=O)c1ccc(N2CC[C@H](O)C2)c(C#N)n1.CN(C)/C=C/C(=O)c1ccc(N2CC[C@H](O)C2)c(C#N)n1. The van der Waals surface area contributed by atoms with Crippen molar-refractivity contribution >= 4 is 22.9 Å². The van der Waals surface area contributed by atoms with E-state index in [2.05, 4.69) is 9.97 Å². The van der Waals surface area contributed by atoms with Gasteiger partial charge in [0.15, 0.2) is 17.2 Å². The monoisotopic (exact) mass is 517 g/mol. The molecule has 11 heteroatoms. The Balaban J connectivity index is 0.000000215. The summed E-state index contributed by atoms with van der Waals surface area (Å²) in [6.45, 7) is 3.81. The molecule has 0 spiro atoms. The number of nitrogens with zero attached hydrogens (tertiary/aromatic N) is 7. The van der Waals surface area contributed by atoms with Crippen LogP contribution in [0.2, 0.25) is 0 Å². The molecule has 0 unspecified atom stereocenters. The Morgan fingerprint density at radius 1 is 0.921 bits per heavy atom. The molecule has 0 amide bonds. The number of β-amino-alcohol motifs (C(OH)–C–C–N with tert-alkyl or cyclic N) is 2. The highest BCUT2D eigenvalue weighted by Gasteiger charge is 2.24. The number of ketones is 2. The minimum atomic E-state index is -0.374. The number of carbonyl (C=O) groups is 2. The number of nitriles is 2. The first-order chi connectivity index (χ1) is 18.1. The summed E-state index contributed by atoms with van der Waals surface area (Å²) >= 11 is 0. The molecule has 2 fully saturated rings. The van der Waals surface area contributed by atoms with Gasteiger partial charge in [-0.25, -0.2) is 9.97 Å². The molecule has 38 heavy (non-hydrogen) atoms. The molecule has 0 radical (unpaired) electrons. The molecule has 2 aliphatic rings. The summed E-state index contributed by atoms with van der Waals surface area (Å²) in [5, 5.41) is 37.3. The van der Waals surface area contributed by atoms with Gasteiger partial charge in [-0.05, 0) is 37.1 Å². The van der Waals surface area contributed by atoms with Crippen molar-refractivity contribution in [1.29, 1.82) is 10.5 Å². The summed E-state index contributed by atoms with van der Waals surface area (Å²) < 4.78 is 0. The molecule has 0 aliphatic carbocycles. The van der Waals surface area contributed by atoms with Crippen LogP contribution in [0.3, 0.4) is 0 Å². The second kappa shape index (κ2) is 12.8. The van der Waals surface area contributed by atoms with Gasteiger partial charge in [0.25, 0.3) is 0 Å². The number of hydrogen-bond donors (Lipinski definition) is 2. The maximum atomic E-state index is 12.0. The highest BCUT2D eigenvalue weighted by atomic mass is 16.3. The third kappa shape index (κ3) is 7.13. The van der Waals surface area contributed by atoms with Crippen LogP contribution in [0.1, 0.15) is 52.1 Å². The van der Waals surface area contributed by atoms with Gasteiger partial charge in [0.2, 0.25) is 5.78 Å². The van der Waals surface area contributed by atoms with Crippen LogP contribution in [0, 0.1) is 22.7 Å². The Morgan fingerprint density at radius 3 is 1.79 bits per heavy atom. The van der Waals surface area contributed by atoms with Gasteiger partial charge in [-0.1, -0.05) is 0 Å². The Bertz CT molecular complexity index is 1300. The van der Waals surface area contributed by atoms with Crippen LogP contribution in [-0.2, 0) is 0 Å². The predicted molar refractivity (Wildman–Crippen MR) is 141 cm³/mol. The number of hydrogen-bond acceptors (Lipinski definition) is 11. The molecule has 2 saturated heterocycles. The summed E-state index contributed by atoms with van der Waals surface area (Å²) in [6.07, 6.45) is 3.70. The van der Waals surface area contributed by atoms with Crippen molar-refractivity contribution in [3.8, 4) is 12.1 Å². The fraction of sp³-hybridized carbons (Fsp3) is 0.407. The minimum absolute atomic E-state index is 0.158. The number of anilines is 2. The molecule has 2 atom stereocenters. The van der Waals surface area contributed by atoms with Gasteiger partial charge in [0.05, 0.1) is 23.6 Å². The van der Waals surface area contributed by atoms with E-state index in [-0.39, 0.29) is 40.9 Å². The Labute approximate surface area is 221 Å². The number of pyridine rings is 2. The lowest BCUT2D eigenvalue weighted by Crippen LogP contribution is -2.22. The average Bonchev–Trinajstić information content (AvgIpc) is 3.54. The lowest BCUT2D eigenvalue weighted by Gasteiger charge is -2.18. The summed E-state index contributed by atoms with van der Waals surface area (Å²) in [7, 11) is 3.64. The first-order valence-corrected chi connectivity index (χ1v) is 12.2. The van der Waals surface area contributed by atoms with Gasteiger partial charge in [-0.2, -0.15) is 10.5 Å². The number of allylic oxidation sites excluding steroid dienone is 1.